The Labute approximate surface area is 229 Å². The van der Waals surface area contributed by atoms with Crippen molar-refractivity contribution in [1.82, 2.24) is 10.2 Å². The van der Waals surface area contributed by atoms with E-state index in [1.54, 1.807) is 20.8 Å². The predicted molar refractivity (Wildman–Crippen MR) is 151 cm³/mol. The van der Waals surface area contributed by atoms with Gasteiger partial charge >= 0.3 is 6.09 Å². The van der Waals surface area contributed by atoms with Gasteiger partial charge < -0.3 is 25.4 Å². The van der Waals surface area contributed by atoms with Crippen LogP contribution in [0.5, 0.6) is 0 Å². The van der Waals surface area contributed by atoms with Crippen molar-refractivity contribution in [3.8, 4) is 0 Å². The summed E-state index contributed by atoms with van der Waals surface area (Å²) in [7, 11) is 0. The molecule has 1 aliphatic carbocycles. The number of hydrogen-bond donors (Lipinski definition) is 3. The Morgan fingerprint density at radius 2 is 1.67 bits per heavy atom. The lowest BCUT2D eigenvalue weighted by molar-refractivity contribution is -0.146. The first-order chi connectivity index (χ1) is 18.6. The van der Waals surface area contributed by atoms with E-state index in [2.05, 4.69) is 10.6 Å². The molecule has 2 atom stereocenters. The van der Waals surface area contributed by atoms with Gasteiger partial charge in [-0.2, -0.15) is 0 Å². The number of benzene rings is 3. The van der Waals surface area contributed by atoms with Crippen LogP contribution in [-0.4, -0.2) is 52.2 Å². The number of anilines is 1. The Bertz CT molecular complexity index is 1330. The molecule has 206 valence electrons. The van der Waals surface area contributed by atoms with Crippen molar-refractivity contribution in [1.29, 1.82) is 0 Å². The van der Waals surface area contributed by atoms with E-state index in [1.807, 2.05) is 73.7 Å². The average Bonchev–Trinajstić information content (AvgIpc) is 2.85. The highest BCUT2D eigenvalue weighted by atomic mass is 16.6. The molecule has 8 nitrogen and oxygen atoms in total. The van der Waals surface area contributed by atoms with Crippen molar-refractivity contribution >= 4 is 34.4 Å². The van der Waals surface area contributed by atoms with Crippen LogP contribution in [0.3, 0.4) is 0 Å². The Balaban J connectivity index is 1.67. The summed E-state index contributed by atoms with van der Waals surface area (Å²) in [6, 6.07) is 18.6. The van der Waals surface area contributed by atoms with E-state index in [1.165, 1.54) is 4.90 Å². The quantitative estimate of drug-likeness (QED) is 0.375. The van der Waals surface area contributed by atoms with E-state index < -0.39 is 36.3 Å². The van der Waals surface area contributed by atoms with Gasteiger partial charge in [-0.25, -0.2) is 4.79 Å². The van der Waals surface area contributed by atoms with E-state index >= 15 is 0 Å². The summed E-state index contributed by atoms with van der Waals surface area (Å²) < 4.78 is 5.31. The number of aliphatic hydroxyl groups excluding tert-OH is 1. The summed E-state index contributed by atoms with van der Waals surface area (Å²) in [5, 5.41) is 17.6. The van der Waals surface area contributed by atoms with Crippen LogP contribution in [0.2, 0.25) is 0 Å². The maximum absolute atomic E-state index is 14.0. The van der Waals surface area contributed by atoms with Gasteiger partial charge in [0.25, 0.3) is 5.91 Å². The lowest BCUT2D eigenvalue weighted by atomic mass is 9.88. The molecule has 39 heavy (non-hydrogen) atoms. The fraction of sp³-hybridized carbons (Fsp3) is 0.387. The van der Waals surface area contributed by atoms with E-state index in [4.69, 9.17) is 4.74 Å². The average molecular weight is 532 g/mol. The highest BCUT2D eigenvalue weighted by Crippen LogP contribution is 2.34. The number of alkyl carbamates (subject to hydrolysis) is 1. The third-order valence-corrected chi connectivity index (χ3v) is 6.83. The zero-order valence-corrected chi connectivity index (χ0v) is 22.9. The molecule has 3 aromatic carbocycles. The third kappa shape index (κ3) is 6.95. The van der Waals surface area contributed by atoms with Gasteiger partial charge in [0.05, 0.1) is 6.61 Å². The summed E-state index contributed by atoms with van der Waals surface area (Å²) in [6.07, 6.45) is 1.56. The van der Waals surface area contributed by atoms with E-state index in [0.29, 0.717) is 11.3 Å². The SMILES string of the molecule is Cc1ccc(C(C(=O)Nc2ccc3ccccc3c2)N(C(=O)C(CO)NC(=O)OC(C)(C)C)C2CCC2)cc1. The first-order valence-electron chi connectivity index (χ1n) is 13.3. The molecule has 0 radical (unpaired) electrons. The van der Waals surface area contributed by atoms with E-state index in [0.717, 1.165) is 35.6 Å². The molecule has 0 spiro atoms. The molecule has 3 aromatic rings. The van der Waals surface area contributed by atoms with Crippen LogP contribution in [0, 0.1) is 6.92 Å². The minimum Gasteiger partial charge on any atom is -0.444 e. The second-order valence-corrected chi connectivity index (χ2v) is 11.1. The zero-order chi connectivity index (χ0) is 28.2. The highest BCUT2D eigenvalue weighted by molar-refractivity contribution is 6.00. The van der Waals surface area contributed by atoms with E-state index in [9.17, 15) is 19.5 Å². The van der Waals surface area contributed by atoms with Gasteiger partial charge in [-0.05, 0) is 75.4 Å². The van der Waals surface area contributed by atoms with Crippen LogP contribution in [0.25, 0.3) is 10.8 Å². The fourth-order valence-electron chi connectivity index (χ4n) is 4.66. The second kappa shape index (κ2) is 11.9. The molecule has 3 amide bonds. The Morgan fingerprint density at radius 3 is 2.26 bits per heavy atom. The van der Waals surface area contributed by atoms with Crippen LogP contribution in [-0.2, 0) is 14.3 Å². The van der Waals surface area contributed by atoms with Gasteiger partial charge in [0.1, 0.15) is 17.7 Å². The molecule has 0 bridgehead atoms. The van der Waals surface area contributed by atoms with Crippen LogP contribution in [0.15, 0.2) is 66.7 Å². The standard InChI is InChI=1S/C31H37N3O5/c1-20-12-14-22(15-13-20)27(28(36)32-24-17-16-21-8-5-6-9-23(21)18-24)34(25-10-7-11-25)29(37)26(19-35)33-30(38)39-31(2,3)4/h5-6,8-9,12-18,25-27,35H,7,10-11,19H2,1-4H3,(H,32,36)(H,33,38). The number of aryl methyl sites for hydroxylation is 1. The summed E-state index contributed by atoms with van der Waals surface area (Å²) >= 11 is 0. The van der Waals surface area contributed by atoms with Crippen molar-refractivity contribution in [3.05, 3.63) is 77.9 Å². The number of carbonyl (C=O) groups excluding carboxylic acids is 3. The fourth-order valence-corrected chi connectivity index (χ4v) is 4.66. The van der Waals surface area contributed by atoms with Gasteiger partial charge in [-0.15, -0.1) is 0 Å². The van der Waals surface area contributed by atoms with Gasteiger partial charge in [0, 0.05) is 11.7 Å². The normalized spacial score (nSPS) is 15.1. The van der Waals surface area contributed by atoms with E-state index in [-0.39, 0.29) is 11.9 Å². The largest absolute Gasteiger partial charge is 0.444 e. The molecular formula is C31H37N3O5. The lowest BCUT2D eigenvalue weighted by Crippen LogP contribution is -2.58. The molecule has 0 aliphatic heterocycles. The molecule has 0 aromatic heterocycles. The van der Waals surface area contributed by atoms with Gasteiger partial charge in [0.2, 0.25) is 5.91 Å². The van der Waals surface area contributed by atoms with Crippen LogP contribution in [0.4, 0.5) is 10.5 Å². The molecule has 0 heterocycles. The minimum atomic E-state index is -1.26. The smallest absolute Gasteiger partial charge is 0.408 e. The van der Waals surface area contributed by atoms with Crippen molar-refractivity contribution in [2.75, 3.05) is 11.9 Å². The van der Waals surface area contributed by atoms with Crippen molar-refractivity contribution in [2.24, 2.45) is 0 Å². The highest BCUT2D eigenvalue weighted by Gasteiger charge is 2.42. The first-order valence-corrected chi connectivity index (χ1v) is 13.3. The molecule has 0 saturated heterocycles. The maximum Gasteiger partial charge on any atom is 0.408 e. The molecule has 1 saturated carbocycles. The number of nitrogens with zero attached hydrogens (tertiary/aromatic N) is 1. The Hall–Kier alpha value is -3.91. The van der Waals surface area contributed by atoms with Gasteiger partial charge in [0.15, 0.2) is 0 Å². The van der Waals surface area contributed by atoms with Crippen molar-refractivity contribution in [3.63, 3.8) is 0 Å². The molecule has 8 heteroatoms. The van der Waals surface area contributed by atoms with Gasteiger partial charge in [-0.3, -0.25) is 9.59 Å². The second-order valence-electron chi connectivity index (χ2n) is 11.1. The van der Waals surface area contributed by atoms with Crippen LogP contribution >= 0.6 is 0 Å². The molecule has 1 fully saturated rings. The number of hydrogen-bond acceptors (Lipinski definition) is 5. The summed E-state index contributed by atoms with van der Waals surface area (Å²) in [5.74, 6) is -0.907. The minimum absolute atomic E-state index is 0.208. The monoisotopic (exact) mass is 531 g/mol. The number of aliphatic hydroxyl groups is 1. The topological polar surface area (TPSA) is 108 Å². The number of rotatable bonds is 8. The lowest BCUT2D eigenvalue weighted by Gasteiger charge is -2.43. The van der Waals surface area contributed by atoms with Crippen molar-refractivity contribution in [2.45, 2.75) is 70.7 Å². The predicted octanol–water partition coefficient (Wildman–Crippen LogP) is 5.09. The summed E-state index contributed by atoms with van der Waals surface area (Å²) in [5.41, 5.74) is 1.51. The molecule has 1 aliphatic rings. The molecular weight excluding hydrogens is 494 g/mol. The number of ether oxygens (including phenoxy) is 1. The maximum atomic E-state index is 14.0. The zero-order valence-electron chi connectivity index (χ0n) is 22.9. The first kappa shape index (κ1) is 28.1. The van der Waals surface area contributed by atoms with Crippen molar-refractivity contribution < 1.29 is 24.2 Å². The molecule has 3 N–H and O–H groups in total. The third-order valence-electron chi connectivity index (χ3n) is 6.83. The number of amides is 3. The summed E-state index contributed by atoms with van der Waals surface area (Å²) in [6.45, 7) is 6.47. The number of carbonyl (C=O) groups is 3. The van der Waals surface area contributed by atoms with Gasteiger partial charge in [-0.1, -0.05) is 60.2 Å². The van der Waals surface area contributed by atoms with Crippen LogP contribution in [0.1, 0.15) is 57.2 Å². The molecule has 4 rings (SSSR count). The number of fused-ring (bicyclic) bond motifs is 1. The summed E-state index contributed by atoms with van der Waals surface area (Å²) in [4.78, 5) is 41.9. The molecule has 2 unspecified atom stereocenters. The number of nitrogens with one attached hydrogen (secondary N) is 2. The Kier molecular flexibility index (Phi) is 8.55. The van der Waals surface area contributed by atoms with Crippen LogP contribution < -0.4 is 10.6 Å². The Morgan fingerprint density at radius 1 is 1.00 bits per heavy atom.